The highest BCUT2D eigenvalue weighted by Crippen LogP contribution is 1.86. The Balaban J connectivity index is 0.000000362. The maximum absolute atomic E-state index is 11.1. The molecule has 0 bridgehead atoms. The molecule has 0 atom stereocenters. The molecule has 1 heterocycles. The fourth-order valence-corrected chi connectivity index (χ4v) is 0.953. The molecular formula is C11H17N3O5. The van der Waals surface area contributed by atoms with Crippen molar-refractivity contribution >= 4 is 17.6 Å². The second-order valence-electron chi connectivity index (χ2n) is 3.79. The summed E-state index contributed by atoms with van der Waals surface area (Å²) in [5.74, 6) is -0.376. The van der Waals surface area contributed by atoms with Crippen LogP contribution < -0.4 is 17.0 Å². The number of ether oxygens (including phenoxy) is 1. The number of nitrogens with zero attached hydrogens (tertiary/aromatic N) is 2. The largest absolute Gasteiger partial charge is 0.458 e. The Bertz CT molecular complexity index is 571. The van der Waals surface area contributed by atoms with Crippen LogP contribution in [0.25, 0.3) is 0 Å². The molecule has 0 aromatic carbocycles. The molecule has 1 aromatic rings. The second kappa shape index (κ2) is 7.14. The number of Topliss-reactive ketones (excluding diaryl/α,β-unsaturated/α-hetero) is 1. The van der Waals surface area contributed by atoms with Gasteiger partial charge >= 0.3 is 11.7 Å². The van der Waals surface area contributed by atoms with Crippen LogP contribution in [-0.4, -0.2) is 27.5 Å². The van der Waals surface area contributed by atoms with Crippen LogP contribution in [0.3, 0.4) is 0 Å². The maximum atomic E-state index is 11.1. The number of ketones is 1. The van der Waals surface area contributed by atoms with Crippen LogP contribution in [0.1, 0.15) is 13.8 Å². The normalized spacial score (nSPS) is 9.26. The van der Waals surface area contributed by atoms with E-state index in [9.17, 15) is 19.2 Å². The minimum absolute atomic E-state index is 0.102. The van der Waals surface area contributed by atoms with Gasteiger partial charge in [-0.3, -0.25) is 23.5 Å². The Kier molecular flexibility index (Phi) is 6.25. The number of hydrogen-bond acceptors (Lipinski definition) is 6. The first kappa shape index (κ1) is 16.6. The number of esters is 1. The van der Waals surface area contributed by atoms with Gasteiger partial charge in [-0.15, -0.1) is 0 Å². The summed E-state index contributed by atoms with van der Waals surface area (Å²) < 4.78 is 6.52. The number of carbonyl (C=O) groups excluding carboxylic acids is 2. The molecule has 106 valence electrons. The molecule has 2 N–H and O–H groups in total. The van der Waals surface area contributed by atoms with E-state index in [1.54, 1.807) is 0 Å². The lowest BCUT2D eigenvalue weighted by atomic mass is 10.5. The van der Waals surface area contributed by atoms with Gasteiger partial charge in [0.15, 0.2) is 5.78 Å². The minimum Gasteiger partial charge on any atom is -0.458 e. The zero-order chi connectivity index (χ0) is 15.2. The predicted octanol–water partition coefficient (Wildman–Crippen LogP) is -1.20. The smallest absolute Gasteiger partial charge is 0.332 e. The summed E-state index contributed by atoms with van der Waals surface area (Å²) in [5.41, 5.74) is 4.55. The monoisotopic (exact) mass is 271 g/mol. The van der Waals surface area contributed by atoms with Gasteiger partial charge in [-0.1, -0.05) is 0 Å². The van der Waals surface area contributed by atoms with E-state index in [1.165, 1.54) is 38.6 Å². The van der Waals surface area contributed by atoms with Crippen LogP contribution in [0, 0.1) is 0 Å². The first-order valence-electron chi connectivity index (χ1n) is 5.32. The average molecular weight is 271 g/mol. The van der Waals surface area contributed by atoms with Gasteiger partial charge in [0.2, 0.25) is 0 Å². The lowest BCUT2D eigenvalue weighted by Crippen LogP contribution is -2.37. The third-order valence-electron chi connectivity index (χ3n) is 2.04. The summed E-state index contributed by atoms with van der Waals surface area (Å²) in [6.45, 7) is 2.53. The SMILES string of the molecule is CC(=O)COC(C)=O.Cn1c(N)cc(=O)n(C)c1=O. The van der Waals surface area contributed by atoms with Crippen LogP contribution >= 0.6 is 0 Å². The molecule has 0 amide bonds. The lowest BCUT2D eigenvalue weighted by Gasteiger charge is -2.02. The molecule has 0 aliphatic rings. The summed E-state index contributed by atoms with van der Waals surface area (Å²) >= 11 is 0. The van der Waals surface area contributed by atoms with E-state index in [1.807, 2.05) is 0 Å². The number of aromatic nitrogens is 2. The van der Waals surface area contributed by atoms with Crippen molar-refractivity contribution in [1.82, 2.24) is 9.13 Å². The third kappa shape index (κ3) is 5.66. The molecule has 1 aromatic heterocycles. The highest BCUT2D eigenvalue weighted by Gasteiger charge is 2.00. The number of carbonyl (C=O) groups is 2. The molecule has 0 fully saturated rings. The van der Waals surface area contributed by atoms with E-state index < -0.39 is 11.7 Å². The number of hydrogen-bond donors (Lipinski definition) is 1. The number of nitrogens with two attached hydrogens (primary N) is 1. The van der Waals surface area contributed by atoms with E-state index >= 15 is 0 Å². The molecule has 8 heteroatoms. The number of anilines is 1. The van der Waals surface area contributed by atoms with E-state index in [0.29, 0.717) is 0 Å². The molecule has 8 nitrogen and oxygen atoms in total. The lowest BCUT2D eigenvalue weighted by molar-refractivity contribution is -0.145. The molecule has 0 aliphatic carbocycles. The van der Waals surface area contributed by atoms with Gasteiger partial charge < -0.3 is 10.5 Å². The topological polar surface area (TPSA) is 113 Å². The third-order valence-corrected chi connectivity index (χ3v) is 2.04. The predicted molar refractivity (Wildman–Crippen MR) is 68.7 cm³/mol. The molecular weight excluding hydrogens is 254 g/mol. The summed E-state index contributed by atoms with van der Waals surface area (Å²) in [4.78, 5) is 42.0. The fourth-order valence-electron chi connectivity index (χ4n) is 0.953. The number of nitrogen functional groups attached to an aromatic ring is 1. The maximum Gasteiger partial charge on any atom is 0.332 e. The van der Waals surface area contributed by atoms with Crippen LogP contribution in [-0.2, 0) is 28.4 Å². The standard InChI is InChI=1S/C6H9N3O2.C5H8O3/c1-8-4(7)3-5(10)9(2)6(8)11;1-4(6)3-8-5(2)7/h3H,7H2,1-2H3;3H2,1-2H3. The van der Waals surface area contributed by atoms with Gasteiger partial charge in [-0.05, 0) is 6.92 Å². The minimum atomic E-state index is -0.416. The Morgan fingerprint density at radius 3 is 2.11 bits per heavy atom. The van der Waals surface area contributed by atoms with Crippen molar-refractivity contribution in [1.29, 1.82) is 0 Å². The summed E-state index contributed by atoms with van der Waals surface area (Å²) in [6, 6.07) is 1.21. The van der Waals surface area contributed by atoms with E-state index in [2.05, 4.69) is 4.74 Å². The zero-order valence-corrected chi connectivity index (χ0v) is 11.3. The molecule has 0 aliphatic heterocycles. The Labute approximate surface area is 109 Å². The summed E-state index contributed by atoms with van der Waals surface area (Å²) in [6.07, 6.45) is 0. The van der Waals surface area contributed by atoms with Crippen molar-refractivity contribution < 1.29 is 14.3 Å². The first-order valence-corrected chi connectivity index (χ1v) is 5.32. The first-order chi connectivity index (χ1) is 8.66. The molecule has 0 unspecified atom stereocenters. The molecule has 0 spiro atoms. The van der Waals surface area contributed by atoms with Crippen molar-refractivity contribution in [3.8, 4) is 0 Å². The van der Waals surface area contributed by atoms with Crippen molar-refractivity contribution in [3.63, 3.8) is 0 Å². The summed E-state index contributed by atoms with van der Waals surface area (Å²) in [7, 11) is 2.92. The van der Waals surface area contributed by atoms with Crippen molar-refractivity contribution in [2.24, 2.45) is 14.1 Å². The Morgan fingerprint density at radius 2 is 1.74 bits per heavy atom. The molecule has 19 heavy (non-hydrogen) atoms. The van der Waals surface area contributed by atoms with Crippen LogP contribution in [0.5, 0.6) is 0 Å². The van der Waals surface area contributed by atoms with Crippen molar-refractivity contribution in [3.05, 3.63) is 26.9 Å². The van der Waals surface area contributed by atoms with Gasteiger partial charge in [0, 0.05) is 27.1 Å². The van der Waals surface area contributed by atoms with E-state index in [0.717, 1.165) is 4.57 Å². The van der Waals surface area contributed by atoms with Crippen molar-refractivity contribution in [2.75, 3.05) is 12.3 Å². The van der Waals surface area contributed by atoms with E-state index in [-0.39, 0.29) is 23.8 Å². The number of rotatable bonds is 2. The van der Waals surface area contributed by atoms with Gasteiger partial charge in [0.25, 0.3) is 5.56 Å². The average Bonchev–Trinajstić information content (AvgIpc) is 2.32. The van der Waals surface area contributed by atoms with Gasteiger partial charge in [0.05, 0.1) is 0 Å². The fraction of sp³-hybridized carbons (Fsp3) is 0.455. The van der Waals surface area contributed by atoms with Gasteiger partial charge in [-0.25, -0.2) is 4.79 Å². The van der Waals surface area contributed by atoms with Gasteiger partial charge in [0.1, 0.15) is 12.4 Å². The zero-order valence-electron chi connectivity index (χ0n) is 11.3. The highest BCUT2D eigenvalue weighted by molar-refractivity contribution is 5.79. The van der Waals surface area contributed by atoms with Crippen LogP contribution in [0.15, 0.2) is 15.7 Å². The highest BCUT2D eigenvalue weighted by atomic mass is 16.5. The molecule has 0 saturated heterocycles. The second-order valence-corrected chi connectivity index (χ2v) is 3.79. The van der Waals surface area contributed by atoms with Crippen molar-refractivity contribution in [2.45, 2.75) is 13.8 Å². The van der Waals surface area contributed by atoms with Gasteiger partial charge in [-0.2, -0.15) is 0 Å². The van der Waals surface area contributed by atoms with Crippen LogP contribution in [0.2, 0.25) is 0 Å². The molecule has 0 saturated carbocycles. The Hall–Kier alpha value is -2.38. The molecule has 0 radical (unpaired) electrons. The Morgan fingerprint density at radius 1 is 1.21 bits per heavy atom. The molecule has 1 rings (SSSR count). The van der Waals surface area contributed by atoms with Crippen LogP contribution in [0.4, 0.5) is 5.82 Å². The van der Waals surface area contributed by atoms with E-state index in [4.69, 9.17) is 5.73 Å². The summed E-state index contributed by atoms with van der Waals surface area (Å²) in [5, 5.41) is 0. The quantitative estimate of drug-likeness (QED) is 0.676.